The summed E-state index contributed by atoms with van der Waals surface area (Å²) in [4.78, 5) is 14.7. The van der Waals surface area contributed by atoms with Gasteiger partial charge in [0.2, 0.25) is 12.7 Å². The number of fused-ring (bicyclic) bond motifs is 2. The molecule has 1 unspecified atom stereocenters. The number of hydrogen-bond acceptors (Lipinski definition) is 4. The Balaban J connectivity index is 1.40. The van der Waals surface area contributed by atoms with E-state index >= 15 is 0 Å². The molecular formula is C19H18BrNO3S. The number of thioether (sulfide) groups is 1. The van der Waals surface area contributed by atoms with Gasteiger partial charge in [-0.1, -0.05) is 34.1 Å². The average molecular weight is 420 g/mol. The van der Waals surface area contributed by atoms with Gasteiger partial charge in [-0.05, 0) is 42.7 Å². The van der Waals surface area contributed by atoms with Crippen molar-refractivity contribution in [3.63, 3.8) is 0 Å². The number of para-hydroxylation sites is 1. The van der Waals surface area contributed by atoms with Crippen LogP contribution < -0.4 is 14.4 Å². The molecule has 2 aliphatic rings. The molecule has 0 fully saturated rings. The Morgan fingerprint density at radius 3 is 2.88 bits per heavy atom. The maximum atomic E-state index is 12.7. The quantitative estimate of drug-likeness (QED) is 0.736. The third kappa shape index (κ3) is 3.25. The second-order valence-corrected chi connectivity index (χ2v) is 8.08. The van der Waals surface area contributed by atoms with Crippen molar-refractivity contribution in [3.05, 3.63) is 52.0 Å². The normalized spacial score (nSPS) is 17.7. The summed E-state index contributed by atoms with van der Waals surface area (Å²) in [6, 6.07) is 12.3. The van der Waals surface area contributed by atoms with Crippen LogP contribution in [0.3, 0.4) is 0 Å². The predicted molar refractivity (Wildman–Crippen MR) is 104 cm³/mol. The van der Waals surface area contributed by atoms with Crippen LogP contribution in [-0.4, -0.2) is 24.5 Å². The zero-order valence-electron chi connectivity index (χ0n) is 13.8. The maximum absolute atomic E-state index is 12.7. The lowest BCUT2D eigenvalue weighted by atomic mass is 10.1. The SMILES string of the molecule is CC1Cc2ccccc2N1C(=O)CSCc1cc2c(cc1Br)OCO2. The van der Waals surface area contributed by atoms with Gasteiger partial charge in [0.1, 0.15) is 0 Å². The number of benzene rings is 2. The van der Waals surface area contributed by atoms with E-state index in [1.165, 1.54) is 5.56 Å². The number of anilines is 1. The van der Waals surface area contributed by atoms with Gasteiger partial charge in [0, 0.05) is 22.0 Å². The maximum Gasteiger partial charge on any atom is 0.237 e. The Bertz CT molecular complexity index is 826. The van der Waals surface area contributed by atoms with E-state index in [2.05, 4.69) is 28.9 Å². The minimum Gasteiger partial charge on any atom is -0.454 e. The fourth-order valence-electron chi connectivity index (χ4n) is 3.33. The fourth-order valence-corrected chi connectivity index (χ4v) is 4.86. The number of ether oxygens (including phenoxy) is 2. The van der Waals surface area contributed by atoms with Crippen LogP contribution in [0, 0.1) is 0 Å². The molecule has 0 saturated carbocycles. The molecule has 0 N–H and O–H groups in total. The highest BCUT2D eigenvalue weighted by molar-refractivity contribution is 9.10. The monoisotopic (exact) mass is 419 g/mol. The van der Waals surface area contributed by atoms with Crippen LogP contribution in [-0.2, 0) is 17.0 Å². The molecule has 0 spiro atoms. The molecule has 0 radical (unpaired) electrons. The van der Waals surface area contributed by atoms with Crippen molar-refractivity contribution in [2.24, 2.45) is 0 Å². The van der Waals surface area contributed by atoms with Crippen molar-refractivity contribution < 1.29 is 14.3 Å². The summed E-state index contributed by atoms with van der Waals surface area (Å²) >= 11 is 5.19. The van der Waals surface area contributed by atoms with Gasteiger partial charge < -0.3 is 14.4 Å². The number of carbonyl (C=O) groups is 1. The smallest absolute Gasteiger partial charge is 0.237 e. The Morgan fingerprint density at radius 1 is 1.28 bits per heavy atom. The van der Waals surface area contributed by atoms with Crippen LogP contribution in [0.5, 0.6) is 11.5 Å². The standard InChI is InChI=1S/C19H18BrNO3S/c1-12-6-13-4-2-3-5-16(13)21(12)19(22)10-25-9-14-7-17-18(8-15(14)20)24-11-23-17/h2-5,7-8,12H,6,9-11H2,1H3. The van der Waals surface area contributed by atoms with Crippen molar-refractivity contribution in [1.82, 2.24) is 0 Å². The first-order valence-corrected chi connectivity index (χ1v) is 10.1. The molecule has 2 heterocycles. The highest BCUT2D eigenvalue weighted by Crippen LogP contribution is 2.38. The van der Waals surface area contributed by atoms with E-state index < -0.39 is 0 Å². The van der Waals surface area contributed by atoms with Crippen molar-refractivity contribution in [2.45, 2.75) is 25.1 Å². The number of rotatable bonds is 4. The molecule has 2 aliphatic heterocycles. The molecule has 0 saturated heterocycles. The van der Waals surface area contributed by atoms with Gasteiger partial charge in [0.25, 0.3) is 0 Å². The molecule has 2 aromatic rings. The Kier molecular flexibility index (Phi) is 4.65. The van der Waals surface area contributed by atoms with Crippen LogP contribution in [0.15, 0.2) is 40.9 Å². The van der Waals surface area contributed by atoms with E-state index in [1.807, 2.05) is 35.2 Å². The summed E-state index contributed by atoms with van der Waals surface area (Å²) in [7, 11) is 0. The van der Waals surface area contributed by atoms with Crippen molar-refractivity contribution in [3.8, 4) is 11.5 Å². The topological polar surface area (TPSA) is 38.8 Å². The second-order valence-electron chi connectivity index (χ2n) is 6.24. The van der Waals surface area contributed by atoms with E-state index in [9.17, 15) is 4.79 Å². The minimum absolute atomic E-state index is 0.166. The van der Waals surface area contributed by atoms with E-state index in [0.29, 0.717) is 5.75 Å². The average Bonchev–Trinajstić information content (AvgIpc) is 3.17. The Hall–Kier alpha value is -1.66. The first kappa shape index (κ1) is 16.8. The highest BCUT2D eigenvalue weighted by Gasteiger charge is 2.30. The third-order valence-electron chi connectivity index (χ3n) is 4.50. The van der Waals surface area contributed by atoms with Gasteiger partial charge in [0.05, 0.1) is 5.75 Å². The lowest BCUT2D eigenvalue weighted by molar-refractivity contribution is -0.116. The van der Waals surface area contributed by atoms with Crippen LogP contribution >= 0.6 is 27.7 Å². The molecule has 1 amide bonds. The molecular weight excluding hydrogens is 402 g/mol. The minimum atomic E-state index is 0.166. The largest absolute Gasteiger partial charge is 0.454 e. The Morgan fingerprint density at radius 2 is 2.04 bits per heavy atom. The fraction of sp³-hybridized carbons (Fsp3) is 0.316. The number of hydrogen-bond donors (Lipinski definition) is 0. The van der Waals surface area contributed by atoms with E-state index in [4.69, 9.17) is 9.47 Å². The first-order valence-electron chi connectivity index (χ1n) is 8.19. The van der Waals surface area contributed by atoms with E-state index in [0.717, 1.165) is 39.4 Å². The van der Waals surface area contributed by atoms with Gasteiger partial charge >= 0.3 is 0 Å². The predicted octanol–water partition coefficient (Wildman–Crippen LogP) is 4.39. The summed E-state index contributed by atoms with van der Waals surface area (Å²) in [5.41, 5.74) is 3.42. The molecule has 4 rings (SSSR count). The van der Waals surface area contributed by atoms with E-state index in [-0.39, 0.29) is 18.7 Å². The molecule has 4 nitrogen and oxygen atoms in total. The van der Waals surface area contributed by atoms with Gasteiger partial charge in [-0.25, -0.2) is 0 Å². The molecule has 1 atom stereocenters. The summed E-state index contributed by atoms with van der Waals surface area (Å²) in [6.07, 6.45) is 0.931. The highest BCUT2D eigenvalue weighted by atomic mass is 79.9. The van der Waals surface area contributed by atoms with Crippen molar-refractivity contribution in [1.29, 1.82) is 0 Å². The van der Waals surface area contributed by atoms with Gasteiger partial charge in [-0.3, -0.25) is 4.79 Å². The summed E-state index contributed by atoms with van der Waals surface area (Å²) in [6.45, 7) is 2.38. The van der Waals surface area contributed by atoms with Crippen molar-refractivity contribution in [2.75, 3.05) is 17.4 Å². The number of halogens is 1. The molecule has 0 aromatic heterocycles. The van der Waals surface area contributed by atoms with Gasteiger partial charge in [-0.2, -0.15) is 0 Å². The molecule has 2 aromatic carbocycles. The van der Waals surface area contributed by atoms with Crippen LogP contribution in [0.25, 0.3) is 0 Å². The molecule has 6 heteroatoms. The Labute approximate surface area is 159 Å². The number of nitrogens with zero attached hydrogens (tertiary/aromatic N) is 1. The lowest BCUT2D eigenvalue weighted by Gasteiger charge is -2.22. The van der Waals surface area contributed by atoms with Crippen LogP contribution in [0.4, 0.5) is 5.69 Å². The van der Waals surface area contributed by atoms with Gasteiger partial charge in [0.15, 0.2) is 11.5 Å². The molecule has 0 aliphatic carbocycles. The zero-order valence-corrected chi connectivity index (χ0v) is 16.2. The van der Waals surface area contributed by atoms with Crippen molar-refractivity contribution >= 4 is 39.3 Å². The third-order valence-corrected chi connectivity index (χ3v) is 6.21. The van der Waals surface area contributed by atoms with Crippen LogP contribution in [0.2, 0.25) is 0 Å². The summed E-state index contributed by atoms with van der Waals surface area (Å²) in [5.74, 6) is 2.90. The number of carbonyl (C=O) groups excluding carboxylic acids is 1. The van der Waals surface area contributed by atoms with E-state index in [1.54, 1.807) is 11.8 Å². The van der Waals surface area contributed by atoms with Crippen LogP contribution in [0.1, 0.15) is 18.1 Å². The zero-order chi connectivity index (χ0) is 17.4. The lowest BCUT2D eigenvalue weighted by Crippen LogP contribution is -2.37. The number of amides is 1. The first-order chi connectivity index (χ1) is 12.1. The van der Waals surface area contributed by atoms with Gasteiger partial charge in [-0.15, -0.1) is 11.8 Å². The summed E-state index contributed by atoms with van der Waals surface area (Å²) < 4.78 is 11.8. The second kappa shape index (κ2) is 6.92. The molecule has 25 heavy (non-hydrogen) atoms. The molecule has 130 valence electrons. The molecule has 0 bridgehead atoms. The summed E-state index contributed by atoms with van der Waals surface area (Å²) in [5, 5.41) is 0.